The van der Waals surface area contributed by atoms with Crippen LogP contribution >= 0.6 is 0 Å². The molecular weight excluding hydrogens is 356 g/mol. The van der Waals surface area contributed by atoms with Crippen molar-refractivity contribution in [3.05, 3.63) is 0 Å². The highest BCUT2D eigenvalue weighted by Crippen LogP contribution is 2.82. The minimum atomic E-state index is -1.80. The number of ether oxygens (including phenoxy) is 1. The van der Waals surface area contributed by atoms with E-state index in [0.717, 1.165) is 18.1 Å². The van der Waals surface area contributed by atoms with E-state index < -0.39 is 25.3 Å². The second kappa shape index (κ2) is 6.07. The Morgan fingerprint density at radius 1 is 1.17 bits per heavy atom. The lowest BCUT2D eigenvalue weighted by Crippen LogP contribution is -2.47. The SMILES string of the molecule is CC[Si](=O)CC[Si](C)(C)O[Si](C)(C)C1C2C(C3CC(=O)OC3=O)C21. The molecule has 3 unspecified atom stereocenters. The standard InChI is InChI=1S/C16H28O5Si3/c1-6-22(19)7-8-23(2,3)21-24(4,5)15-13-12(14(13)15)10-9-11(17)20-16(10)18/h10,12-15H,6-9H2,1-5H3. The molecule has 3 rings (SSSR count). The summed E-state index contributed by atoms with van der Waals surface area (Å²) in [7, 11) is -5.00. The molecule has 0 bridgehead atoms. The minimum absolute atomic E-state index is 0.186. The summed E-state index contributed by atoms with van der Waals surface area (Å²) in [5.41, 5.74) is 0.626. The van der Waals surface area contributed by atoms with E-state index in [1.54, 1.807) is 0 Å². The zero-order valence-corrected chi connectivity index (χ0v) is 18.3. The van der Waals surface area contributed by atoms with Crippen molar-refractivity contribution in [3.8, 4) is 0 Å². The van der Waals surface area contributed by atoms with Crippen LogP contribution in [0.2, 0.25) is 49.9 Å². The Balaban J connectivity index is 1.51. The second-order valence-corrected chi connectivity index (χ2v) is 19.7. The third kappa shape index (κ3) is 3.42. The van der Waals surface area contributed by atoms with Crippen molar-refractivity contribution in [1.29, 1.82) is 0 Å². The highest BCUT2D eigenvalue weighted by molar-refractivity contribution is 6.86. The molecule has 0 radical (unpaired) electrons. The molecule has 0 N–H and O–H groups in total. The van der Waals surface area contributed by atoms with Gasteiger partial charge in [-0.1, -0.05) is 6.92 Å². The smallest absolute Gasteiger partial charge is 0.317 e. The molecule has 1 saturated heterocycles. The first-order valence-electron chi connectivity index (χ1n) is 9.04. The van der Waals surface area contributed by atoms with Gasteiger partial charge in [-0.25, -0.2) is 0 Å². The van der Waals surface area contributed by atoms with Crippen molar-refractivity contribution in [3.63, 3.8) is 0 Å². The Bertz CT molecular complexity index is 578. The molecule has 0 spiro atoms. The normalized spacial score (nSPS) is 34.8. The van der Waals surface area contributed by atoms with Gasteiger partial charge in [0.1, 0.15) is 0 Å². The van der Waals surface area contributed by atoms with Crippen molar-refractivity contribution >= 4 is 37.3 Å². The van der Waals surface area contributed by atoms with Gasteiger partial charge in [0.2, 0.25) is 0 Å². The van der Waals surface area contributed by atoms with E-state index in [1.165, 1.54) is 0 Å². The Morgan fingerprint density at radius 2 is 1.79 bits per heavy atom. The van der Waals surface area contributed by atoms with Gasteiger partial charge in [0.05, 0.1) is 12.3 Å². The molecule has 3 atom stereocenters. The van der Waals surface area contributed by atoms with Crippen molar-refractivity contribution in [2.75, 3.05) is 0 Å². The summed E-state index contributed by atoms with van der Waals surface area (Å²) < 4.78 is 23.1. The monoisotopic (exact) mass is 384 g/mol. The number of fused-ring (bicyclic) bond motifs is 1. The maximum absolute atomic E-state index is 11.8. The summed E-state index contributed by atoms with van der Waals surface area (Å²) in [4.78, 5) is 23.0. The van der Waals surface area contributed by atoms with E-state index in [1.807, 2.05) is 6.92 Å². The van der Waals surface area contributed by atoms with Crippen LogP contribution in [-0.4, -0.2) is 37.3 Å². The summed E-state index contributed by atoms with van der Waals surface area (Å²) in [6, 6.07) is 2.59. The van der Waals surface area contributed by atoms with Crippen molar-refractivity contribution < 1.29 is 22.9 Å². The van der Waals surface area contributed by atoms with Gasteiger partial charge < -0.3 is 13.3 Å². The Morgan fingerprint density at radius 3 is 2.29 bits per heavy atom. The Kier molecular flexibility index (Phi) is 4.64. The number of cyclic esters (lactones) is 2. The predicted molar refractivity (Wildman–Crippen MR) is 96.0 cm³/mol. The molecule has 0 aromatic carbocycles. The molecule has 1 heterocycles. The van der Waals surface area contributed by atoms with Crippen LogP contribution in [0.5, 0.6) is 0 Å². The van der Waals surface area contributed by atoms with Crippen molar-refractivity contribution in [2.24, 2.45) is 23.7 Å². The van der Waals surface area contributed by atoms with Crippen LogP contribution in [-0.2, 0) is 22.9 Å². The first kappa shape index (κ1) is 18.3. The first-order chi connectivity index (χ1) is 11.1. The molecule has 0 amide bonds. The molecule has 2 aliphatic carbocycles. The number of carbonyl (C=O) groups excluding carboxylic acids is 2. The molecular formula is C16H28O5Si3. The number of esters is 2. The van der Waals surface area contributed by atoms with Crippen molar-refractivity contribution in [2.45, 2.75) is 63.2 Å². The van der Waals surface area contributed by atoms with Gasteiger partial charge >= 0.3 is 11.9 Å². The molecule has 134 valence electrons. The fourth-order valence-corrected chi connectivity index (χ4v) is 17.9. The van der Waals surface area contributed by atoms with Crippen LogP contribution in [0.3, 0.4) is 0 Å². The van der Waals surface area contributed by atoms with Gasteiger partial charge in [-0.3, -0.25) is 9.59 Å². The molecule has 3 fully saturated rings. The van der Waals surface area contributed by atoms with Crippen LogP contribution in [0.4, 0.5) is 0 Å². The molecule has 0 aromatic heterocycles. The van der Waals surface area contributed by atoms with Crippen LogP contribution in [0, 0.1) is 23.7 Å². The number of hydrogen-bond acceptors (Lipinski definition) is 5. The highest BCUT2D eigenvalue weighted by Gasteiger charge is 2.80. The lowest BCUT2D eigenvalue weighted by molar-refractivity contribution is -0.153. The lowest BCUT2D eigenvalue weighted by atomic mass is 9.95. The van der Waals surface area contributed by atoms with Gasteiger partial charge in [-0.05, 0) is 67.6 Å². The van der Waals surface area contributed by atoms with E-state index in [2.05, 4.69) is 26.2 Å². The van der Waals surface area contributed by atoms with E-state index >= 15 is 0 Å². The van der Waals surface area contributed by atoms with Crippen LogP contribution in [0.15, 0.2) is 0 Å². The van der Waals surface area contributed by atoms with Crippen LogP contribution in [0.25, 0.3) is 0 Å². The third-order valence-corrected chi connectivity index (χ3v) is 16.2. The summed E-state index contributed by atoms with van der Waals surface area (Å²) in [6.45, 7) is 11.1. The average Bonchev–Trinajstić information content (AvgIpc) is 3.31. The summed E-state index contributed by atoms with van der Waals surface area (Å²) in [6.07, 6.45) is 0.275. The van der Waals surface area contributed by atoms with Gasteiger partial charge in [-0.2, -0.15) is 0 Å². The second-order valence-electron chi connectivity index (χ2n) is 8.72. The molecule has 24 heavy (non-hydrogen) atoms. The summed E-state index contributed by atoms with van der Waals surface area (Å²) in [5.74, 6) is 0.667. The quantitative estimate of drug-likeness (QED) is 0.365. The molecule has 1 aliphatic heterocycles. The topological polar surface area (TPSA) is 69.7 Å². The van der Waals surface area contributed by atoms with Crippen molar-refractivity contribution in [1.82, 2.24) is 0 Å². The molecule has 0 aromatic rings. The molecule has 2 saturated carbocycles. The number of hydrogen-bond donors (Lipinski definition) is 0. The van der Waals surface area contributed by atoms with E-state index in [-0.39, 0.29) is 24.3 Å². The number of carbonyl (C=O) groups is 2. The largest absolute Gasteiger partial charge is 0.455 e. The maximum atomic E-state index is 11.8. The first-order valence-corrected chi connectivity index (χ1v) is 17.0. The van der Waals surface area contributed by atoms with Gasteiger partial charge in [-0.15, -0.1) is 0 Å². The fourth-order valence-electron chi connectivity index (χ4n) is 4.77. The highest BCUT2D eigenvalue weighted by atomic mass is 28.4. The fraction of sp³-hybridized carbons (Fsp3) is 0.875. The van der Waals surface area contributed by atoms with Gasteiger partial charge in [0.15, 0.2) is 16.6 Å². The zero-order valence-electron chi connectivity index (χ0n) is 15.3. The third-order valence-electron chi connectivity index (χ3n) is 5.99. The summed E-state index contributed by atoms with van der Waals surface area (Å²) in [5, 5.41) is 0. The van der Waals surface area contributed by atoms with E-state index in [0.29, 0.717) is 23.3 Å². The van der Waals surface area contributed by atoms with E-state index in [9.17, 15) is 14.1 Å². The predicted octanol–water partition coefficient (Wildman–Crippen LogP) is 3.19. The Labute approximate surface area is 147 Å². The van der Waals surface area contributed by atoms with Crippen LogP contribution in [0.1, 0.15) is 13.3 Å². The Hall–Kier alpha value is -0.449. The minimum Gasteiger partial charge on any atom is -0.455 e. The van der Waals surface area contributed by atoms with Gasteiger partial charge in [0.25, 0.3) is 8.68 Å². The lowest BCUT2D eigenvalue weighted by Gasteiger charge is -2.37. The van der Waals surface area contributed by atoms with Gasteiger partial charge in [0, 0.05) is 0 Å². The zero-order chi connectivity index (χ0) is 17.9. The number of rotatable bonds is 8. The summed E-state index contributed by atoms with van der Waals surface area (Å²) >= 11 is 0. The maximum Gasteiger partial charge on any atom is 0.317 e. The van der Waals surface area contributed by atoms with Crippen LogP contribution < -0.4 is 0 Å². The molecule has 3 aliphatic rings. The molecule has 8 heteroatoms. The molecule has 5 nitrogen and oxygen atoms in total. The average molecular weight is 385 g/mol. The van der Waals surface area contributed by atoms with E-state index in [4.69, 9.17) is 8.85 Å².